The van der Waals surface area contributed by atoms with Crippen molar-refractivity contribution in [3.05, 3.63) is 24.3 Å². The zero-order valence-corrected chi connectivity index (χ0v) is 12.0. The van der Waals surface area contributed by atoms with Crippen molar-refractivity contribution in [3.8, 4) is 11.5 Å². The lowest BCUT2D eigenvalue weighted by atomic mass is 10.2. The van der Waals surface area contributed by atoms with Crippen LogP contribution in [0.5, 0.6) is 11.5 Å². The smallest absolute Gasteiger partial charge is 0.161 e. The van der Waals surface area contributed by atoms with Gasteiger partial charge in [-0.2, -0.15) is 0 Å². The number of hydrogen-bond acceptors (Lipinski definition) is 3. The molecule has 0 fully saturated rings. The topological polar surface area (TPSA) is 21.7 Å². The summed E-state index contributed by atoms with van der Waals surface area (Å²) in [6.07, 6.45) is 1.02. The van der Waals surface area contributed by atoms with E-state index >= 15 is 0 Å². The van der Waals surface area contributed by atoms with Crippen LogP contribution in [0.2, 0.25) is 0 Å². The van der Waals surface area contributed by atoms with Crippen LogP contribution >= 0.6 is 0 Å². The maximum absolute atomic E-state index is 5.77. The van der Waals surface area contributed by atoms with Crippen molar-refractivity contribution in [1.82, 2.24) is 4.90 Å². The third kappa shape index (κ3) is 5.92. The summed E-state index contributed by atoms with van der Waals surface area (Å²) >= 11 is 0. The van der Waals surface area contributed by atoms with Crippen molar-refractivity contribution in [3.63, 3.8) is 0 Å². The van der Waals surface area contributed by atoms with E-state index in [0.717, 1.165) is 37.7 Å². The Morgan fingerprint density at radius 1 is 1.06 bits per heavy atom. The SMILES string of the molecule is CC(C)COc1ccccc1OCCCN(C)C. The number of hydrogen-bond donors (Lipinski definition) is 0. The summed E-state index contributed by atoms with van der Waals surface area (Å²) in [5.74, 6) is 2.21. The van der Waals surface area contributed by atoms with E-state index in [1.807, 2.05) is 24.3 Å². The Morgan fingerprint density at radius 3 is 2.22 bits per heavy atom. The molecular formula is C15H25NO2. The standard InChI is InChI=1S/C15H25NO2/c1-13(2)12-18-15-9-6-5-8-14(15)17-11-7-10-16(3)4/h5-6,8-9,13H,7,10-12H2,1-4H3. The van der Waals surface area contributed by atoms with E-state index in [4.69, 9.17) is 9.47 Å². The highest BCUT2D eigenvalue weighted by atomic mass is 16.5. The highest BCUT2D eigenvalue weighted by Crippen LogP contribution is 2.26. The summed E-state index contributed by atoms with van der Waals surface area (Å²) < 4.78 is 11.5. The summed E-state index contributed by atoms with van der Waals surface area (Å²) in [6.45, 7) is 6.76. The fourth-order valence-corrected chi connectivity index (χ4v) is 1.51. The van der Waals surface area contributed by atoms with Gasteiger partial charge in [0.1, 0.15) is 0 Å². The fourth-order valence-electron chi connectivity index (χ4n) is 1.51. The second kappa shape index (κ2) is 7.98. The lowest BCUT2D eigenvalue weighted by molar-refractivity contribution is 0.236. The molecule has 0 atom stereocenters. The molecule has 0 spiro atoms. The van der Waals surface area contributed by atoms with E-state index in [0.29, 0.717) is 5.92 Å². The van der Waals surface area contributed by atoms with Gasteiger partial charge in [0.2, 0.25) is 0 Å². The molecule has 0 unspecified atom stereocenters. The van der Waals surface area contributed by atoms with Crippen LogP contribution in [-0.2, 0) is 0 Å². The molecule has 0 radical (unpaired) electrons. The molecule has 0 amide bonds. The Morgan fingerprint density at radius 2 is 1.67 bits per heavy atom. The maximum Gasteiger partial charge on any atom is 0.161 e. The van der Waals surface area contributed by atoms with Crippen LogP contribution in [0, 0.1) is 5.92 Å². The first-order chi connectivity index (χ1) is 8.59. The van der Waals surface area contributed by atoms with Gasteiger partial charge in [0.05, 0.1) is 13.2 Å². The average Bonchev–Trinajstić information content (AvgIpc) is 2.33. The molecule has 0 aliphatic rings. The van der Waals surface area contributed by atoms with Gasteiger partial charge in [-0.25, -0.2) is 0 Å². The monoisotopic (exact) mass is 251 g/mol. The van der Waals surface area contributed by atoms with Gasteiger partial charge in [-0.1, -0.05) is 26.0 Å². The van der Waals surface area contributed by atoms with Crippen molar-refractivity contribution in [2.24, 2.45) is 5.92 Å². The Balaban J connectivity index is 2.43. The summed E-state index contributed by atoms with van der Waals surface area (Å²) in [5, 5.41) is 0. The normalized spacial score (nSPS) is 11.0. The van der Waals surface area contributed by atoms with Crippen molar-refractivity contribution >= 4 is 0 Å². The molecule has 1 aromatic rings. The third-order valence-electron chi connectivity index (χ3n) is 2.43. The van der Waals surface area contributed by atoms with Crippen LogP contribution in [0.1, 0.15) is 20.3 Å². The molecule has 0 aromatic heterocycles. The molecule has 1 aromatic carbocycles. The second-order valence-electron chi connectivity index (χ2n) is 5.16. The lowest BCUT2D eigenvalue weighted by Crippen LogP contribution is -2.15. The van der Waals surface area contributed by atoms with Crippen molar-refractivity contribution < 1.29 is 9.47 Å². The first kappa shape index (κ1) is 14.8. The lowest BCUT2D eigenvalue weighted by Gasteiger charge is -2.14. The second-order valence-corrected chi connectivity index (χ2v) is 5.16. The molecule has 1 rings (SSSR count). The van der Waals surface area contributed by atoms with Gasteiger partial charge in [0.25, 0.3) is 0 Å². The Kier molecular flexibility index (Phi) is 6.58. The molecule has 0 saturated carbocycles. The first-order valence-electron chi connectivity index (χ1n) is 6.59. The van der Waals surface area contributed by atoms with Crippen molar-refractivity contribution in [2.75, 3.05) is 33.9 Å². The first-order valence-corrected chi connectivity index (χ1v) is 6.59. The number of benzene rings is 1. The van der Waals surface area contributed by atoms with Gasteiger partial charge < -0.3 is 14.4 Å². The van der Waals surface area contributed by atoms with E-state index in [1.165, 1.54) is 0 Å². The maximum atomic E-state index is 5.77. The molecule has 0 aliphatic heterocycles. The minimum atomic E-state index is 0.520. The van der Waals surface area contributed by atoms with Crippen LogP contribution in [0.4, 0.5) is 0 Å². The highest BCUT2D eigenvalue weighted by molar-refractivity contribution is 5.39. The molecule has 0 N–H and O–H groups in total. The zero-order valence-electron chi connectivity index (χ0n) is 12.0. The van der Waals surface area contributed by atoms with Gasteiger partial charge in [-0.05, 0) is 38.6 Å². The van der Waals surface area contributed by atoms with Gasteiger partial charge >= 0.3 is 0 Å². The Bertz CT molecular complexity index is 337. The minimum absolute atomic E-state index is 0.520. The van der Waals surface area contributed by atoms with Crippen molar-refractivity contribution in [2.45, 2.75) is 20.3 Å². The quantitative estimate of drug-likeness (QED) is 0.663. The molecule has 18 heavy (non-hydrogen) atoms. The Labute approximate surface area is 111 Å². The average molecular weight is 251 g/mol. The van der Waals surface area contributed by atoms with E-state index in [1.54, 1.807) is 0 Å². The van der Waals surface area contributed by atoms with Crippen LogP contribution < -0.4 is 9.47 Å². The van der Waals surface area contributed by atoms with E-state index in [-0.39, 0.29) is 0 Å². The predicted molar refractivity (Wildman–Crippen MR) is 75.4 cm³/mol. The van der Waals surface area contributed by atoms with Crippen LogP contribution in [0.15, 0.2) is 24.3 Å². The molecule has 102 valence electrons. The number of para-hydroxylation sites is 2. The van der Waals surface area contributed by atoms with Crippen molar-refractivity contribution in [1.29, 1.82) is 0 Å². The number of nitrogens with zero attached hydrogens (tertiary/aromatic N) is 1. The molecular weight excluding hydrogens is 226 g/mol. The summed E-state index contributed by atoms with van der Waals surface area (Å²) in [4.78, 5) is 2.16. The van der Waals surface area contributed by atoms with Gasteiger partial charge in [-0.3, -0.25) is 0 Å². The molecule has 3 nitrogen and oxygen atoms in total. The van der Waals surface area contributed by atoms with Gasteiger partial charge in [0.15, 0.2) is 11.5 Å². The van der Waals surface area contributed by atoms with Crippen LogP contribution in [0.25, 0.3) is 0 Å². The van der Waals surface area contributed by atoms with Crippen LogP contribution in [0.3, 0.4) is 0 Å². The summed E-state index contributed by atoms with van der Waals surface area (Å²) in [5.41, 5.74) is 0. The molecule has 0 bridgehead atoms. The van der Waals surface area contributed by atoms with Gasteiger partial charge in [-0.15, -0.1) is 0 Å². The fraction of sp³-hybridized carbons (Fsp3) is 0.600. The largest absolute Gasteiger partial charge is 0.490 e. The summed E-state index contributed by atoms with van der Waals surface area (Å²) in [7, 11) is 4.14. The minimum Gasteiger partial charge on any atom is -0.490 e. The van der Waals surface area contributed by atoms with E-state index in [9.17, 15) is 0 Å². The third-order valence-corrected chi connectivity index (χ3v) is 2.43. The number of ether oxygens (including phenoxy) is 2. The number of rotatable bonds is 8. The molecule has 0 saturated heterocycles. The van der Waals surface area contributed by atoms with Gasteiger partial charge in [0, 0.05) is 6.54 Å². The zero-order chi connectivity index (χ0) is 13.4. The predicted octanol–water partition coefficient (Wildman–Crippen LogP) is 3.05. The molecule has 0 heterocycles. The summed E-state index contributed by atoms with van der Waals surface area (Å²) in [6, 6.07) is 7.88. The Hall–Kier alpha value is -1.22. The van der Waals surface area contributed by atoms with Crippen LogP contribution in [-0.4, -0.2) is 38.8 Å². The highest BCUT2D eigenvalue weighted by Gasteiger charge is 2.05. The molecule has 0 aliphatic carbocycles. The molecule has 3 heteroatoms. The van der Waals surface area contributed by atoms with E-state index < -0.39 is 0 Å². The van der Waals surface area contributed by atoms with E-state index in [2.05, 4.69) is 32.8 Å².